The van der Waals surface area contributed by atoms with Gasteiger partial charge in [-0.15, -0.1) is 11.3 Å². The van der Waals surface area contributed by atoms with Crippen LogP contribution in [-0.2, 0) is 6.54 Å². The molecule has 0 bridgehead atoms. The topological polar surface area (TPSA) is 77.1 Å². The van der Waals surface area contributed by atoms with E-state index in [1.807, 2.05) is 55.2 Å². The Bertz CT molecular complexity index is 1100. The highest BCUT2D eigenvalue weighted by Crippen LogP contribution is 2.25. The number of fused-ring (bicyclic) bond motifs is 1. The normalized spacial score (nSPS) is 12.4. The van der Waals surface area contributed by atoms with Crippen molar-refractivity contribution in [3.63, 3.8) is 0 Å². The molecule has 138 valence electrons. The molecule has 4 rings (SSSR count). The van der Waals surface area contributed by atoms with Crippen molar-refractivity contribution < 1.29 is 4.79 Å². The van der Waals surface area contributed by atoms with Crippen LogP contribution in [0.4, 0.5) is 0 Å². The average Bonchev–Trinajstić information content (AvgIpc) is 3.40. The summed E-state index contributed by atoms with van der Waals surface area (Å²) in [6, 6.07) is 5.76. The quantitative estimate of drug-likeness (QED) is 0.575. The summed E-state index contributed by atoms with van der Waals surface area (Å²) in [5.74, 6) is -0.197. The number of hydrogen-bond acceptors (Lipinski definition) is 5. The molecule has 0 aromatic carbocycles. The van der Waals surface area contributed by atoms with E-state index in [4.69, 9.17) is 0 Å². The third-order valence-electron chi connectivity index (χ3n) is 4.67. The molecule has 1 atom stereocenters. The number of hydrogen-bond donors (Lipinski definition) is 1. The zero-order chi connectivity index (χ0) is 19.0. The maximum Gasteiger partial charge on any atom is 0.257 e. The van der Waals surface area contributed by atoms with E-state index in [1.165, 1.54) is 0 Å². The summed E-state index contributed by atoms with van der Waals surface area (Å²) in [6.45, 7) is 6.82. The first-order valence-corrected chi connectivity index (χ1v) is 9.68. The first-order chi connectivity index (χ1) is 13.1. The average molecular weight is 380 g/mol. The zero-order valence-electron chi connectivity index (χ0n) is 15.4. The van der Waals surface area contributed by atoms with Crippen molar-refractivity contribution in [2.24, 2.45) is 0 Å². The fraction of sp³-hybridized carbons (Fsp3) is 0.263. The Labute approximate surface area is 160 Å². The predicted molar refractivity (Wildman–Crippen MR) is 105 cm³/mol. The molecule has 0 spiro atoms. The van der Waals surface area contributed by atoms with E-state index >= 15 is 0 Å². The molecule has 0 aliphatic carbocycles. The monoisotopic (exact) mass is 380 g/mol. The number of aromatic nitrogens is 5. The molecular weight excluding hydrogens is 360 g/mol. The Morgan fingerprint density at radius 2 is 2.15 bits per heavy atom. The lowest BCUT2D eigenvalue weighted by molar-refractivity contribution is 0.0941. The summed E-state index contributed by atoms with van der Waals surface area (Å²) in [5.41, 5.74) is 3.99. The maximum absolute atomic E-state index is 12.9. The number of carbonyl (C=O) groups excluding carboxylic acids is 1. The van der Waals surface area contributed by atoms with Gasteiger partial charge >= 0.3 is 0 Å². The summed E-state index contributed by atoms with van der Waals surface area (Å²) >= 11 is 1.62. The van der Waals surface area contributed by atoms with Crippen molar-refractivity contribution in [2.75, 3.05) is 0 Å². The van der Waals surface area contributed by atoms with Crippen LogP contribution in [0.2, 0.25) is 0 Å². The van der Waals surface area contributed by atoms with Gasteiger partial charge in [-0.2, -0.15) is 10.2 Å². The van der Waals surface area contributed by atoms with Gasteiger partial charge in [-0.05, 0) is 38.3 Å². The third-order valence-corrected chi connectivity index (χ3v) is 5.57. The summed E-state index contributed by atoms with van der Waals surface area (Å²) in [7, 11) is 0. The molecule has 0 aliphatic heterocycles. The summed E-state index contributed by atoms with van der Waals surface area (Å²) in [6.07, 6.45) is 5.10. The van der Waals surface area contributed by atoms with Gasteiger partial charge in [0, 0.05) is 24.0 Å². The highest BCUT2D eigenvalue weighted by Gasteiger charge is 2.20. The van der Waals surface area contributed by atoms with E-state index < -0.39 is 0 Å². The summed E-state index contributed by atoms with van der Waals surface area (Å²) in [4.78, 5) is 18.3. The molecule has 4 aromatic rings. The van der Waals surface area contributed by atoms with E-state index in [1.54, 1.807) is 28.2 Å². The lowest BCUT2D eigenvalue weighted by atomic mass is 10.1. The number of aryl methyl sites for hydroxylation is 1. The minimum absolute atomic E-state index is 0.159. The first kappa shape index (κ1) is 17.4. The smallest absolute Gasteiger partial charge is 0.257 e. The number of rotatable bonds is 5. The van der Waals surface area contributed by atoms with Crippen LogP contribution in [-0.4, -0.2) is 30.3 Å². The first-order valence-electron chi connectivity index (χ1n) is 8.80. The Kier molecular flexibility index (Phi) is 4.49. The van der Waals surface area contributed by atoms with Crippen molar-refractivity contribution >= 4 is 22.9 Å². The number of nitrogens with one attached hydrogen (secondary N) is 1. The lowest BCUT2D eigenvalue weighted by Crippen LogP contribution is -2.27. The molecule has 0 saturated carbocycles. The minimum atomic E-state index is -0.197. The molecule has 4 aromatic heterocycles. The van der Waals surface area contributed by atoms with Crippen LogP contribution in [0.25, 0.3) is 16.2 Å². The van der Waals surface area contributed by atoms with Crippen LogP contribution in [0.5, 0.6) is 0 Å². The molecule has 0 aliphatic rings. The molecular formula is C19H20N6OS. The van der Waals surface area contributed by atoms with Crippen LogP contribution in [0.15, 0.2) is 42.2 Å². The zero-order valence-corrected chi connectivity index (χ0v) is 16.2. The number of nitrogens with zero attached hydrogens (tertiary/aromatic N) is 5. The predicted octanol–water partition coefficient (Wildman–Crippen LogP) is 3.47. The largest absolute Gasteiger partial charge is 0.345 e. The van der Waals surface area contributed by atoms with Gasteiger partial charge in [0.05, 0.1) is 29.0 Å². The van der Waals surface area contributed by atoms with Crippen molar-refractivity contribution in [3.05, 3.63) is 59.0 Å². The molecule has 1 unspecified atom stereocenters. The molecule has 7 nitrogen and oxygen atoms in total. The van der Waals surface area contributed by atoms with E-state index in [9.17, 15) is 4.79 Å². The second-order valence-corrected chi connectivity index (χ2v) is 7.24. The summed E-state index contributed by atoms with van der Waals surface area (Å²) in [5, 5.41) is 13.8. The Balaban J connectivity index is 1.63. The lowest BCUT2D eigenvalue weighted by Gasteiger charge is -2.13. The van der Waals surface area contributed by atoms with E-state index in [-0.39, 0.29) is 11.9 Å². The Hall–Kier alpha value is -3.00. The van der Waals surface area contributed by atoms with Crippen molar-refractivity contribution in [1.29, 1.82) is 0 Å². The van der Waals surface area contributed by atoms with Crippen LogP contribution >= 0.6 is 11.3 Å². The number of thiophene rings is 1. The van der Waals surface area contributed by atoms with Gasteiger partial charge in [-0.3, -0.25) is 9.48 Å². The fourth-order valence-corrected chi connectivity index (χ4v) is 3.96. The Morgan fingerprint density at radius 3 is 2.85 bits per heavy atom. The van der Waals surface area contributed by atoms with Gasteiger partial charge < -0.3 is 5.32 Å². The van der Waals surface area contributed by atoms with Gasteiger partial charge in [0.15, 0.2) is 5.65 Å². The second kappa shape index (κ2) is 6.96. The molecule has 1 amide bonds. The minimum Gasteiger partial charge on any atom is -0.345 e. The van der Waals surface area contributed by atoms with Crippen LogP contribution in [0.3, 0.4) is 0 Å². The molecule has 8 heteroatoms. The third kappa shape index (κ3) is 3.02. The van der Waals surface area contributed by atoms with E-state index in [2.05, 4.69) is 20.5 Å². The molecule has 4 heterocycles. The van der Waals surface area contributed by atoms with Crippen LogP contribution in [0, 0.1) is 6.92 Å². The highest BCUT2D eigenvalue weighted by atomic mass is 32.1. The van der Waals surface area contributed by atoms with E-state index in [0.29, 0.717) is 11.2 Å². The Morgan fingerprint density at radius 1 is 1.30 bits per heavy atom. The highest BCUT2D eigenvalue weighted by molar-refractivity contribution is 7.13. The van der Waals surface area contributed by atoms with Crippen LogP contribution < -0.4 is 5.32 Å². The van der Waals surface area contributed by atoms with Gasteiger partial charge in [0.1, 0.15) is 5.56 Å². The molecule has 0 saturated heterocycles. The standard InChI is InChI=1S/C19H20N6OS/c1-4-24-13(3)14(10-21-24)12(2)23-19(26)15-11-22-25-16(7-8-20-18(15)25)17-6-5-9-27-17/h5-12H,4H2,1-3H3,(H,23,26). The van der Waals surface area contributed by atoms with Gasteiger partial charge in [-0.1, -0.05) is 6.07 Å². The fourth-order valence-electron chi connectivity index (χ4n) is 3.22. The molecule has 27 heavy (non-hydrogen) atoms. The molecule has 0 fully saturated rings. The van der Waals surface area contributed by atoms with Gasteiger partial charge in [0.2, 0.25) is 0 Å². The van der Waals surface area contributed by atoms with Crippen molar-refractivity contribution in [3.8, 4) is 10.6 Å². The summed E-state index contributed by atoms with van der Waals surface area (Å²) < 4.78 is 3.63. The molecule has 1 N–H and O–H groups in total. The number of amides is 1. The second-order valence-electron chi connectivity index (χ2n) is 6.30. The van der Waals surface area contributed by atoms with Crippen molar-refractivity contribution in [2.45, 2.75) is 33.4 Å². The van der Waals surface area contributed by atoms with Crippen LogP contribution in [0.1, 0.15) is 41.5 Å². The SMILES string of the molecule is CCn1ncc(C(C)NC(=O)c2cnn3c(-c4cccs4)ccnc23)c1C. The van der Waals surface area contributed by atoms with E-state index in [0.717, 1.165) is 28.4 Å². The number of carbonyl (C=O) groups is 1. The maximum atomic E-state index is 12.9. The van der Waals surface area contributed by atoms with Gasteiger partial charge in [0.25, 0.3) is 5.91 Å². The van der Waals surface area contributed by atoms with Crippen molar-refractivity contribution in [1.82, 2.24) is 29.7 Å². The van der Waals surface area contributed by atoms with Gasteiger partial charge in [-0.25, -0.2) is 9.50 Å². The molecule has 0 radical (unpaired) electrons.